The minimum atomic E-state index is -1.42. The highest BCUT2D eigenvalue weighted by atomic mass is 19.1. The molecule has 0 spiro atoms. The molecule has 0 fully saturated rings. The summed E-state index contributed by atoms with van der Waals surface area (Å²) >= 11 is 0. The van der Waals surface area contributed by atoms with Crippen molar-refractivity contribution in [2.45, 2.75) is 32.0 Å². The summed E-state index contributed by atoms with van der Waals surface area (Å²) in [5, 5.41) is 0. The van der Waals surface area contributed by atoms with Crippen molar-refractivity contribution in [2.24, 2.45) is 11.5 Å². The molecule has 0 radical (unpaired) electrons. The van der Waals surface area contributed by atoms with E-state index in [2.05, 4.69) is 0 Å². The molecule has 0 aliphatic carbocycles. The van der Waals surface area contributed by atoms with Crippen molar-refractivity contribution in [3.63, 3.8) is 0 Å². The SMILES string of the molecule is CC(C)(F)CC(N)C(N)=O. The van der Waals surface area contributed by atoms with Crippen LogP contribution in [0.15, 0.2) is 0 Å². The number of hydrogen-bond donors (Lipinski definition) is 2. The summed E-state index contributed by atoms with van der Waals surface area (Å²) in [6.45, 7) is 2.71. The molecule has 0 aromatic heterocycles. The second kappa shape index (κ2) is 2.96. The molecule has 0 saturated carbocycles. The van der Waals surface area contributed by atoms with Gasteiger partial charge in [-0.05, 0) is 13.8 Å². The Morgan fingerprint density at radius 3 is 2.20 bits per heavy atom. The second-order valence-corrected chi connectivity index (χ2v) is 2.93. The molecule has 10 heavy (non-hydrogen) atoms. The van der Waals surface area contributed by atoms with Crippen LogP contribution in [0.5, 0.6) is 0 Å². The highest BCUT2D eigenvalue weighted by Gasteiger charge is 2.22. The quantitative estimate of drug-likeness (QED) is 0.588. The van der Waals surface area contributed by atoms with E-state index < -0.39 is 17.6 Å². The van der Waals surface area contributed by atoms with Crippen LogP contribution in [0, 0.1) is 0 Å². The van der Waals surface area contributed by atoms with Crippen LogP contribution in [-0.4, -0.2) is 17.6 Å². The van der Waals surface area contributed by atoms with Gasteiger partial charge < -0.3 is 11.5 Å². The van der Waals surface area contributed by atoms with Gasteiger partial charge in [-0.3, -0.25) is 4.79 Å². The molecule has 0 aromatic carbocycles. The first-order chi connectivity index (χ1) is 4.33. The number of alkyl halides is 1. The van der Waals surface area contributed by atoms with Crippen LogP contribution in [0.25, 0.3) is 0 Å². The summed E-state index contributed by atoms with van der Waals surface area (Å²) in [5.74, 6) is -0.661. The van der Waals surface area contributed by atoms with Crippen molar-refractivity contribution < 1.29 is 9.18 Å². The number of primary amides is 1. The van der Waals surface area contributed by atoms with Gasteiger partial charge in [0.15, 0.2) is 0 Å². The van der Waals surface area contributed by atoms with E-state index in [9.17, 15) is 9.18 Å². The lowest BCUT2D eigenvalue weighted by Crippen LogP contribution is -2.40. The van der Waals surface area contributed by atoms with Crippen LogP contribution < -0.4 is 11.5 Å². The first-order valence-corrected chi connectivity index (χ1v) is 3.07. The molecular weight excluding hydrogens is 135 g/mol. The number of hydrogen-bond acceptors (Lipinski definition) is 2. The van der Waals surface area contributed by atoms with Gasteiger partial charge in [-0.1, -0.05) is 0 Å². The molecule has 0 bridgehead atoms. The fourth-order valence-electron chi connectivity index (χ4n) is 0.624. The van der Waals surface area contributed by atoms with E-state index in [4.69, 9.17) is 11.5 Å². The first kappa shape index (κ1) is 9.36. The van der Waals surface area contributed by atoms with E-state index in [0.717, 1.165) is 0 Å². The fourth-order valence-corrected chi connectivity index (χ4v) is 0.624. The van der Waals surface area contributed by atoms with Gasteiger partial charge in [-0.25, -0.2) is 4.39 Å². The molecule has 0 heterocycles. The van der Waals surface area contributed by atoms with Crippen molar-refractivity contribution >= 4 is 5.91 Å². The zero-order valence-corrected chi connectivity index (χ0v) is 6.23. The van der Waals surface area contributed by atoms with E-state index in [1.165, 1.54) is 13.8 Å². The first-order valence-electron chi connectivity index (χ1n) is 3.07. The topological polar surface area (TPSA) is 69.1 Å². The lowest BCUT2D eigenvalue weighted by Gasteiger charge is -2.16. The molecule has 0 saturated heterocycles. The predicted octanol–water partition coefficient (Wildman–Crippen LogP) is -0.0628. The van der Waals surface area contributed by atoms with E-state index >= 15 is 0 Å². The lowest BCUT2D eigenvalue weighted by molar-refractivity contribution is -0.120. The molecule has 4 heteroatoms. The molecule has 0 aliphatic heterocycles. The Bertz CT molecular complexity index is 130. The molecule has 60 valence electrons. The van der Waals surface area contributed by atoms with Crippen molar-refractivity contribution in [3.8, 4) is 0 Å². The van der Waals surface area contributed by atoms with Gasteiger partial charge in [0.1, 0.15) is 5.67 Å². The zero-order valence-electron chi connectivity index (χ0n) is 6.23. The normalized spacial score (nSPS) is 14.8. The average molecular weight is 148 g/mol. The van der Waals surface area contributed by atoms with Crippen LogP contribution in [0.4, 0.5) is 4.39 Å². The number of carbonyl (C=O) groups excluding carboxylic acids is 1. The van der Waals surface area contributed by atoms with Gasteiger partial charge >= 0.3 is 0 Å². The summed E-state index contributed by atoms with van der Waals surface area (Å²) in [7, 11) is 0. The summed E-state index contributed by atoms with van der Waals surface area (Å²) < 4.78 is 12.7. The number of nitrogens with two attached hydrogens (primary N) is 2. The molecular formula is C6H13FN2O. The Morgan fingerprint density at radius 2 is 2.10 bits per heavy atom. The fraction of sp³-hybridized carbons (Fsp3) is 0.833. The minimum Gasteiger partial charge on any atom is -0.368 e. The Morgan fingerprint density at radius 1 is 1.70 bits per heavy atom. The third-order valence-corrected chi connectivity index (χ3v) is 1.07. The van der Waals surface area contributed by atoms with E-state index in [1.807, 2.05) is 0 Å². The van der Waals surface area contributed by atoms with Crippen molar-refractivity contribution in [3.05, 3.63) is 0 Å². The maximum absolute atomic E-state index is 12.7. The molecule has 1 unspecified atom stereocenters. The molecule has 1 amide bonds. The predicted molar refractivity (Wildman–Crippen MR) is 37.0 cm³/mol. The second-order valence-electron chi connectivity index (χ2n) is 2.93. The van der Waals surface area contributed by atoms with E-state index in [1.54, 1.807) is 0 Å². The Labute approximate surface area is 59.6 Å². The summed E-state index contributed by atoms with van der Waals surface area (Å²) in [6.07, 6.45) is -0.0255. The molecule has 0 rings (SSSR count). The third-order valence-electron chi connectivity index (χ3n) is 1.07. The van der Waals surface area contributed by atoms with Gasteiger partial charge in [-0.2, -0.15) is 0 Å². The average Bonchev–Trinajstić information content (AvgIpc) is 1.60. The van der Waals surface area contributed by atoms with Crippen molar-refractivity contribution in [2.75, 3.05) is 0 Å². The van der Waals surface area contributed by atoms with Gasteiger partial charge in [-0.15, -0.1) is 0 Å². The Hall–Kier alpha value is -0.640. The van der Waals surface area contributed by atoms with Crippen LogP contribution in [0.1, 0.15) is 20.3 Å². The molecule has 3 nitrogen and oxygen atoms in total. The minimum absolute atomic E-state index is 0.0255. The number of halogens is 1. The summed E-state index contributed by atoms with van der Waals surface area (Å²) in [5.41, 5.74) is 8.58. The van der Waals surface area contributed by atoms with Crippen molar-refractivity contribution in [1.29, 1.82) is 0 Å². The van der Waals surface area contributed by atoms with Crippen LogP contribution >= 0.6 is 0 Å². The van der Waals surface area contributed by atoms with Crippen LogP contribution in [0.2, 0.25) is 0 Å². The Kier molecular flexibility index (Phi) is 2.77. The summed E-state index contributed by atoms with van der Waals surface area (Å²) in [4.78, 5) is 10.3. The van der Waals surface area contributed by atoms with Crippen molar-refractivity contribution in [1.82, 2.24) is 0 Å². The standard InChI is InChI=1S/C6H13FN2O/c1-6(2,7)3-4(8)5(9)10/h4H,3,8H2,1-2H3,(H2,9,10). The van der Waals surface area contributed by atoms with Gasteiger partial charge in [0.25, 0.3) is 0 Å². The monoisotopic (exact) mass is 148 g/mol. The maximum atomic E-state index is 12.7. The smallest absolute Gasteiger partial charge is 0.234 e. The van der Waals surface area contributed by atoms with E-state index in [0.29, 0.717) is 0 Å². The van der Waals surface area contributed by atoms with Gasteiger partial charge in [0, 0.05) is 6.42 Å². The Balaban J connectivity index is 3.80. The maximum Gasteiger partial charge on any atom is 0.234 e. The molecule has 4 N–H and O–H groups in total. The number of amides is 1. The van der Waals surface area contributed by atoms with Crippen LogP contribution in [-0.2, 0) is 4.79 Å². The molecule has 1 atom stereocenters. The number of carbonyl (C=O) groups is 1. The highest BCUT2D eigenvalue weighted by molar-refractivity contribution is 5.79. The lowest BCUT2D eigenvalue weighted by atomic mass is 10.0. The van der Waals surface area contributed by atoms with Gasteiger partial charge in [0.05, 0.1) is 6.04 Å². The molecule has 0 aromatic rings. The largest absolute Gasteiger partial charge is 0.368 e. The summed E-state index contributed by atoms with van der Waals surface area (Å²) in [6, 6.07) is -0.875. The van der Waals surface area contributed by atoms with Crippen LogP contribution in [0.3, 0.4) is 0 Å². The number of rotatable bonds is 3. The molecule has 0 aliphatic rings. The third kappa shape index (κ3) is 4.26. The highest BCUT2D eigenvalue weighted by Crippen LogP contribution is 2.14. The van der Waals surface area contributed by atoms with E-state index in [-0.39, 0.29) is 6.42 Å². The zero-order chi connectivity index (χ0) is 8.36. The van der Waals surface area contributed by atoms with Gasteiger partial charge in [0.2, 0.25) is 5.91 Å².